The fourth-order valence-electron chi connectivity index (χ4n) is 3.99. The average molecular weight is 412 g/mol. The molecule has 3 aromatic rings. The normalized spacial score (nSPS) is 18.8. The van der Waals surface area contributed by atoms with Crippen LogP contribution in [-0.2, 0) is 14.3 Å². The van der Waals surface area contributed by atoms with Gasteiger partial charge in [-0.3, -0.25) is 19.1 Å². The van der Waals surface area contributed by atoms with Crippen molar-refractivity contribution < 1.29 is 14.3 Å². The van der Waals surface area contributed by atoms with Crippen LogP contribution in [0.2, 0.25) is 0 Å². The number of benzene rings is 1. The van der Waals surface area contributed by atoms with Crippen LogP contribution in [0.1, 0.15) is 44.0 Å². The first-order valence-corrected chi connectivity index (χ1v) is 11.0. The lowest BCUT2D eigenvalue weighted by Crippen LogP contribution is -2.50. The zero-order valence-electron chi connectivity index (χ0n) is 16.7. The molecule has 6 nitrogen and oxygen atoms in total. The molecule has 0 aliphatic carbocycles. The number of hydrogen-bond donors (Lipinski definition) is 0. The zero-order chi connectivity index (χ0) is 20.4. The van der Waals surface area contributed by atoms with Crippen molar-refractivity contribution in [2.45, 2.75) is 39.2 Å². The maximum atomic E-state index is 13.6. The highest BCUT2D eigenvalue weighted by atomic mass is 32.1. The van der Waals surface area contributed by atoms with Crippen LogP contribution >= 0.6 is 11.3 Å². The molecular weight excluding hydrogens is 386 g/mol. The molecule has 0 saturated carbocycles. The molecule has 7 heteroatoms. The van der Waals surface area contributed by atoms with Gasteiger partial charge >= 0.3 is 5.97 Å². The Bertz CT molecular complexity index is 1010. The molecule has 0 fully saturated rings. The van der Waals surface area contributed by atoms with Gasteiger partial charge in [-0.25, -0.2) is 4.98 Å². The Morgan fingerprint density at radius 1 is 1.17 bits per heavy atom. The van der Waals surface area contributed by atoms with Gasteiger partial charge in [0, 0.05) is 11.4 Å². The number of carbonyl (C=O) groups excluding carboxylic acids is 2. The Hall–Kier alpha value is -2.67. The number of unbranched alkanes of at least 4 members (excludes halogenated alkanes) is 2. The largest absolute Gasteiger partial charge is 0.465 e. The van der Waals surface area contributed by atoms with Gasteiger partial charge in [0.05, 0.1) is 23.7 Å². The summed E-state index contributed by atoms with van der Waals surface area (Å²) in [5.74, 6) is -0.993. The maximum Gasteiger partial charge on any atom is 0.321 e. The van der Waals surface area contributed by atoms with Gasteiger partial charge in [0.2, 0.25) is 11.9 Å². The third kappa shape index (κ3) is 3.44. The van der Waals surface area contributed by atoms with Crippen LogP contribution in [0.15, 0.2) is 41.8 Å². The first-order chi connectivity index (χ1) is 14.2. The average Bonchev–Trinajstić information content (AvgIpc) is 3.37. The fraction of sp³-hybridized carbons (Fsp3) is 0.409. The Kier molecular flexibility index (Phi) is 5.67. The molecule has 2 aromatic heterocycles. The van der Waals surface area contributed by atoms with Crippen molar-refractivity contribution in [1.82, 2.24) is 9.55 Å². The van der Waals surface area contributed by atoms with E-state index in [9.17, 15) is 9.59 Å². The van der Waals surface area contributed by atoms with Gasteiger partial charge in [-0.1, -0.05) is 38.0 Å². The van der Waals surface area contributed by atoms with Crippen LogP contribution < -0.4 is 4.90 Å². The number of esters is 1. The van der Waals surface area contributed by atoms with E-state index in [2.05, 4.69) is 11.5 Å². The van der Waals surface area contributed by atoms with E-state index in [0.29, 0.717) is 12.5 Å². The summed E-state index contributed by atoms with van der Waals surface area (Å²) in [6, 6.07) is 11.3. The number of hydrogen-bond acceptors (Lipinski definition) is 5. The molecule has 1 aromatic carbocycles. The monoisotopic (exact) mass is 411 g/mol. The van der Waals surface area contributed by atoms with Crippen LogP contribution in [0, 0.1) is 5.92 Å². The summed E-state index contributed by atoms with van der Waals surface area (Å²) in [5, 5.41) is 1.97. The van der Waals surface area contributed by atoms with Crippen molar-refractivity contribution in [2.24, 2.45) is 5.92 Å². The third-order valence-corrected chi connectivity index (χ3v) is 6.25. The highest BCUT2D eigenvalue weighted by molar-refractivity contribution is 7.10. The predicted octanol–water partition coefficient (Wildman–Crippen LogP) is 4.40. The van der Waals surface area contributed by atoms with Crippen molar-refractivity contribution >= 4 is 40.2 Å². The molecular formula is C22H25N3O3S. The van der Waals surface area contributed by atoms with Crippen LogP contribution in [0.4, 0.5) is 5.95 Å². The van der Waals surface area contributed by atoms with Crippen molar-refractivity contribution in [3.63, 3.8) is 0 Å². The van der Waals surface area contributed by atoms with E-state index in [0.717, 1.165) is 35.2 Å². The van der Waals surface area contributed by atoms with E-state index < -0.39 is 17.9 Å². The van der Waals surface area contributed by atoms with Crippen LogP contribution in [-0.4, -0.2) is 34.6 Å². The SMILES string of the molecule is CCCCCN1C(=O)[C@@H](C(=O)OCC)[C@@H](c2cccs2)n2c1nc1ccccc12. The summed E-state index contributed by atoms with van der Waals surface area (Å²) < 4.78 is 7.39. The highest BCUT2D eigenvalue weighted by Gasteiger charge is 2.48. The number of amides is 1. The lowest BCUT2D eigenvalue weighted by Gasteiger charge is -2.37. The Morgan fingerprint density at radius 2 is 2.00 bits per heavy atom. The van der Waals surface area contributed by atoms with Crippen molar-refractivity contribution in [2.75, 3.05) is 18.1 Å². The van der Waals surface area contributed by atoms with E-state index in [-0.39, 0.29) is 12.5 Å². The standard InChI is InChI=1S/C22H25N3O3S/c1-3-5-8-13-24-20(26)18(21(27)28-4-2)19(17-12-9-14-29-17)25-16-11-7-6-10-15(16)23-22(24)25/h6-7,9-12,14,18-19H,3-5,8,13H2,1-2H3/t18-,19+/m0/s1. The molecule has 0 unspecified atom stereocenters. The summed E-state index contributed by atoms with van der Waals surface area (Å²) in [6.45, 7) is 4.68. The summed E-state index contributed by atoms with van der Waals surface area (Å²) in [6.07, 6.45) is 2.94. The predicted molar refractivity (Wildman–Crippen MR) is 114 cm³/mol. The summed E-state index contributed by atoms with van der Waals surface area (Å²) in [7, 11) is 0. The number of anilines is 1. The number of ether oxygens (including phenoxy) is 1. The molecule has 152 valence electrons. The number of nitrogens with zero attached hydrogens (tertiary/aromatic N) is 3. The van der Waals surface area contributed by atoms with E-state index in [1.165, 1.54) is 0 Å². The number of rotatable bonds is 7. The number of carbonyl (C=O) groups is 2. The van der Waals surface area contributed by atoms with E-state index in [1.807, 2.05) is 41.8 Å². The van der Waals surface area contributed by atoms with Crippen LogP contribution in [0.25, 0.3) is 11.0 Å². The van der Waals surface area contributed by atoms with E-state index >= 15 is 0 Å². The second-order valence-electron chi connectivity index (χ2n) is 7.16. The summed E-state index contributed by atoms with van der Waals surface area (Å²) >= 11 is 1.54. The summed E-state index contributed by atoms with van der Waals surface area (Å²) in [5.41, 5.74) is 1.74. The van der Waals surface area contributed by atoms with E-state index in [1.54, 1.807) is 23.2 Å². The van der Waals surface area contributed by atoms with Gasteiger partial charge in [-0.2, -0.15) is 0 Å². The zero-order valence-corrected chi connectivity index (χ0v) is 17.5. The number of fused-ring (bicyclic) bond motifs is 3. The maximum absolute atomic E-state index is 13.6. The highest BCUT2D eigenvalue weighted by Crippen LogP contribution is 2.42. The number of imidazole rings is 1. The quantitative estimate of drug-likeness (QED) is 0.328. The molecule has 0 saturated heterocycles. The smallest absolute Gasteiger partial charge is 0.321 e. The fourth-order valence-corrected chi connectivity index (χ4v) is 4.84. The minimum absolute atomic E-state index is 0.222. The second kappa shape index (κ2) is 8.37. The molecule has 1 aliphatic heterocycles. The van der Waals surface area contributed by atoms with Crippen molar-refractivity contribution in [3.05, 3.63) is 46.7 Å². The first kappa shape index (κ1) is 19.6. The Balaban J connectivity index is 1.91. The van der Waals surface area contributed by atoms with Crippen molar-refractivity contribution in [3.8, 4) is 0 Å². The van der Waals surface area contributed by atoms with Gasteiger partial charge in [-0.05, 0) is 36.9 Å². The second-order valence-corrected chi connectivity index (χ2v) is 8.14. The van der Waals surface area contributed by atoms with Gasteiger partial charge < -0.3 is 4.74 Å². The molecule has 0 spiro atoms. The Labute approximate surface area is 174 Å². The Morgan fingerprint density at radius 3 is 2.72 bits per heavy atom. The summed E-state index contributed by atoms with van der Waals surface area (Å²) in [4.78, 5) is 33.9. The molecule has 0 bridgehead atoms. The van der Waals surface area contributed by atoms with Gasteiger partial charge in [-0.15, -0.1) is 11.3 Å². The molecule has 1 aliphatic rings. The lowest BCUT2D eigenvalue weighted by atomic mass is 9.93. The molecule has 0 radical (unpaired) electrons. The molecule has 3 heterocycles. The number of para-hydroxylation sites is 2. The van der Waals surface area contributed by atoms with Crippen LogP contribution in [0.5, 0.6) is 0 Å². The minimum atomic E-state index is -0.916. The van der Waals surface area contributed by atoms with Gasteiger partial charge in [0.15, 0.2) is 5.92 Å². The topological polar surface area (TPSA) is 64.4 Å². The third-order valence-electron chi connectivity index (χ3n) is 5.31. The first-order valence-electron chi connectivity index (χ1n) is 10.2. The van der Waals surface area contributed by atoms with Crippen LogP contribution in [0.3, 0.4) is 0 Å². The van der Waals surface area contributed by atoms with Gasteiger partial charge in [0.25, 0.3) is 0 Å². The molecule has 1 amide bonds. The van der Waals surface area contributed by atoms with Crippen molar-refractivity contribution in [1.29, 1.82) is 0 Å². The molecule has 0 N–H and O–H groups in total. The molecule has 4 rings (SSSR count). The minimum Gasteiger partial charge on any atom is -0.465 e. The molecule has 2 atom stereocenters. The van der Waals surface area contributed by atoms with Gasteiger partial charge in [0.1, 0.15) is 0 Å². The number of aromatic nitrogens is 2. The lowest BCUT2D eigenvalue weighted by molar-refractivity contribution is -0.153. The van der Waals surface area contributed by atoms with E-state index in [4.69, 9.17) is 9.72 Å². The molecule has 29 heavy (non-hydrogen) atoms. The number of thiophene rings is 1.